The molecule has 182 valence electrons. The number of likely N-dealkylation sites (tertiary alicyclic amines) is 1. The number of rotatable bonds is 4. The van der Waals surface area contributed by atoms with E-state index in [4.69, 9.17) is 0 Å². The van der Waals surface area contributed by atoms with Gasteiger partial charge in [-0.15, -0.1) is 0 Å². The molecule has 36 heavy (non-hydrogen) atoms. The van der Waals surface area contributed by atoms with Crippen LogP contribution in [0.25, 0.3) is 10.8 Å². The average molecular weight is 478 g/mol. The number of para-hydroxylation sites is 1. The highest BCUT2D eigenvalue weighted by molar-refractivity contribution is 6.11. The molecular weight excluding hydrogens is 446 g/mol. The summed E-state index contributed by atoms with van der Waals surface area (Å²) in [5.74, 6) is 0.204. The number of hydrogen-bond acceptors (Lipinski definition) is 4. The number of nitrogens with zero attached hydrogens (tertiary/aromatic N) is 3. The van der Waals surface area contributed by atoms with Crippen LogP contribution in [0.4, 0.5) is 5.69 Å². The van der Waals surface area contributed by atoms with E-state index < -0.39 is 11.5 Å². The van der Waals surface area contributed by atoms with E-state index in [2.05, 4.69) is 70.3 Å². The molecule has 0 bridgehead atoms. The normalized spacial score (nSPS) is 27.8. The predicted octanol–water partition coefficient (Wildman–Crippen LogP) is 5.45. The Bertz CT molecular complexity index is 1430. The molecule has 0 saturated carbocycles. The van der Waals surface area contributed by atoms with Crippen molar-refractivity contribution in [2.24, 2.45) is 4.99 Å². The number of aliphatic imine (C=N–C) groups is 1. The Balaban J connectivity index is 1.14. The maximum Gasteiger partial charge on any atom is 0.238 e. The van der Waals surface area contributed by atoms with E-state index >= 15 is 0 Å². The molecule has 1 aliphatic carbocycles. The quantitative estimate of drug-likeness (QED) is 0.544. The van der Waals surface area contributed by atoms with Gasteiger partial charge in [0.25, 0.3) is 0 Å². The maximum atomic E-state index is 14.0. The van der Waals surface area contributed by atoms with Gasteiger partial charge in [0.2, 0.25) is 5.91 Å². The van der Waals surface area contributed by atoms with Crippen LogP contribution >= 0.6 is 0 Å². The van der Waals surface area contributed by atoms with E-state index in [9.17, 15) is 9.90 Å². The van der Waals surface area contributed by atoms with Crippen LogP contribution in [0.1, 0.15) is 61.4 Å². The van der Waals surface area contributed by atoms with Gasteiger partial charge in [0.05, 0.1) is 17.6 Å². The summed E-state index contributed by atoms with van der Waals surface area (Å²) in [7, 11) is 0. The number of piperidine rings is 1. The van der Waals surface area contributed by atoms with E-state index in [1.54, 1.807) is 0 Å². The fourth-order valence-electron chi connectivity index (χ4n) is 7.15. The zero-order valence-electron chi connectivity index (χ0n) is 20.6. The van der Waals surface area contributed by atoms with E-state index in [0.717, 1.165) is 54.9 Å². The average Bonchev–Trinajstić information content (AvgIpc) is 3.57. The first kappa shape index (κ1) is 22.0. The van der Waals surface area contributed by atoms with Crippen LogP contribution in [0, 0.1) is 0 Å². The molecule has 0 radical (unpaired) electrons. The minimum absolute atomic E-state index is 0.0215. The molecule has 3 unspecified atom stereocenters. The summed E-state index contributed by atoms with van der Waals surface area (Å²) in [6.45, 7) is 3.81. The lowest BCUT2D eigenvalue weighted by atomic mass is 9.78. The van der Waals surface area contributed by atoms with Crippen LogP contribution in [-0.4, -0.2) is 40.8 Å². The highest BCUT2D eigenvalue weighted by Crippen LogP contribution is 2.49. The van der Waals surface area contributed by atoms with E-state index in [1.807, 2.05) is 24.4 Å². The van der Waals surface area contributed by atoms with E-state index in [0.29, 0.717) is 6.42 Å². The van der Waals surface area contributed by atoms with Gasteiger partial charge in [-0.3, -0.25) is 14.7 Å². The molecule has 3 aromatic carbocycles. The summed E-state index contributed by atoms with van der Waals surface area (Å²) in [5.41, 5.74) is 4.97. The number of aliphatic hydroxyl groups excluding tert-OH is 1. The molecule has 3 aromatic rings. The molecular formula is C31H31N3O2. The van der Waals surface area contributed by atoms with Crippen molar-refractivity contribution in [1.82, 2.24) is 4.90 Å². The van der Waals surface area contributed by atoms with Crippen molar-refractivity contribution in [2.45, 2.75) is 56.2 Å². The zero-order valence-corrected chi connectivity index (χ0v) is 20.6. The van der Waals surface area contributed by atoms with Gasteiger partial charge in [-0.2, -0.15) is 0 Å². The summed E-state index contributed by atoms with van der Waals surface area (Å²) in [4.78, 5) is 23.1. The van der Waals surface area contributed by atoms with Crippen molar-refractivity contribution in [3.05, 3.63) is 89.6 Å². The minimum atomic E-state index is -0.572. The number of carbonyl (C=O) groups excluding carboxylic acids is 1. The first-order valence-corrected chi connectivity index (χ1v) is 13.1. The molecule has 0 spiro atoms. The third-order valence-corrected chi connectivity index (χ3v) is 8.89. The Morgan fingerprint density at radius 3 is 2.50 bits per heavy atom. The molecule has 5 nitrogen and oxygen atoms in total. The zero-order chi connectivity index (χ0) is 24.4. The number of carbonyl (C=O) groups is 1. The van der Waals surface area contributed by atoms with E-state index in [-0.39, 0.29) is 18.0 Å². The van der Waals surface area contributed by atoms with Gasteiger partial charge in [-0.05, 0) is 53.3 Å². The number of hydrogen-bond donors (Lipinski definition) is 1. The molecule has 1 N–H and O–H groups in total. The van der Waals surface area contributed by atoms with Crippen LogP contribution in [0.15, 0.2) is 77.9 Å². The lowest BCUT2D eigenvalue weighted by molar-refractivity contribution is -0.123. The van der Waals surface area contributed by atoms with Crippen LogP contribution in [-0.2, 0) is 10.2 Å². The van der Waals surface area contributed by atoms with Gasteiger partial charge in [-0.25, -0.2) is 0 Å². The molecule has 3 aliphatic heterocycles. The molecule has 1 saturated heterocycles. The molecule has 0 aromatic heterocycles. The number of fused-ring (bicyclic) bond motifs is 1. The maximum absolute atomic E-state index is 14.0. The fourth-order valence-corrected chi connectivity index (χ4v) is 7.15. The molecule has 5 heteroatoms. The lowest BCUT2D eigenvalue weighted by Crippen LogP contribution is -2.50. The van der Waals surface area contributed by atoms with Crippen LogP contribution < -0.4 is 4.90 Å². The minimum Gasteiger partial charge on any atom is -0.386 e. The number of anilines is 1. The Morgan fingerprint density at radius 2 is 1.75 bits per heavy atom. The second-order valence-corrected chi connectivity index (χ2v) is 10.9. The van der Waals surface area contributed by atoms with Gasteiger partial charge in [0.15, 0.2) is 0 Å². The summed E-state index contributed by atoms with van der Waals surface area (Å²) in [6, 6.07) is 21.1. The SMILES string of the molecule is CC1(CC2=NC=CC2)C(=O)N(C2CCN(C3c4cccc5cccc(c45)C3O)CC2)c2ccccc21. The van der Waals surface area contributed by atoms with Crippen LogP contribution in [0.5, 0.6) is 0 Å². The Kier molecular flexibility index (Phi) is 4.95. The molecule has 1 fully saturated rings. The summed E-state index contributed by atoms with van der Waals surface area (Å²) in [5, 5.41) is 13.7. The molecule has 7 rings (SSSR count). The van der Waals surface area contributed by atoms with Crippen molar-refractivity contribution in [3.63, 3.8) is 0 Å². The third kappa shape index (κ3) is 3.09. The predicted molar refractivity (Wildman–Crippen MR) is 143 cm³/mol. The van der Waals surface area contributed by atoms with Gasteiger partial charge >= 0.3 is 0 Å². The standard InChI is InChI=1S/C31H31N3O2/c1-31(19-21-9-6-16-32-21)25-12-2-3-13-26(25)34(30(31)36)22-14-17-33(18-15-22)28-23-10-4-7-20-8-5-11-24(27(20)23)29(28)35/h2-8,10-13,16,22,28-29,35H,9,14-15,17-19H2,1H3. The smallest absolute Gasteiger partial charge is 0.238 e. The Hall–Kier alpha value is -3.28. The number of amides is 1. The molecule has 1 amide bonds. The number of aliphatic hydroxyl groups is 1. The summed E-state index contributed by atoms with van der Waals surface area (Å²) >= 11 is 0. The van der Waals surface area contributed by atoms with E-state index in [1.165, 1.54) is 16.3 Å². The topological polar surface area (TPSA) is 56.1 Å². The monoisotopic (exact) mass is 477 g/mol. The van der Waals surface area contributed by atoms with Gasteiger partial charge in [0, 0.05) is 49.6 Å². The largest absolute Gasteiger partial charge is 0.386 e. The Morgan fingerprint density at radius 1 is 1.00 bits per heavy atom. The van der Waals surface area contributed by atoms with Crippen molar-refractivity contribution < 1.29 is 9.90 Å². The van der Waals surface area contributed by atoms with Gasteiger partial charge < -0.3 is 10.0 Å². The number of benzene rings is 3. The third-order valence-electron chi connectivity index (χ3n) is 8.89. The first-order valence-electron chi connectivity index (χ1n) is 13.1. The van der Waals surface area contributed by atoms with Gasteiger partial charge in [0.1, 0.15) is 0 Å². The van der Waals surface area contributed by atoms with Crippen molar-refractivity contribution in [1.29, 1.82) is 0 Å². The molecule has 3 heterocycles. The summed E-state index contributed by atoms with van der Waals surface area (Å²) < 4.78 is 0. The van der Waals surface area contributed by atoms with Crippen molar-refractivity contribution >= 4 is 28.1 Å². The molecule has 3 atom stereocenters. The van der Waals surface area contributed by atoms with Crippen LogP contribution in [0.3, 0.4) is 0 Å². The lowest BCUT2D eigenvalue weighted by Gasteiger charge is -2.41. The highest BCUT2D eigenvalue weighted by atomic mass is 16.3. The second-order valence-electron chi connectivity index (χ2n) is 10.9. The van der Waals surface area contributed by atoms with Crippen molar-refractivity contribution in [3.8, 4) is 0 Å². The van der Waals surface area contributed by atoms with Crippen LogP contribution in [0.2, 0.25) is 0 Å². The second kappa shape index (κ2) is 8.12. The van der Waals surface area contributed by atoms with Crippen molar-refractivity contribution in [2.75, 3.05) is 18.0 Å². The fraction of sp³-hybridized carbons (Fsp3) is 0.355. The Labute approximate surface area is 211 Å². The summed E-state index contributed by atoms with van der Waals surface area (Å²) in [6.07, 6.45) is 6.70. The molecule has 4 aliphatic rings. The van der Waals surface area contributed by atoms with Gasteiger partial charge in [-0.1, -0.05) is 60.7 Å². The highest BCUT2D eigenvalue weighted by Gasteiger charge is 2.50. The first-order chi connectivity index (χ1) is 17.6. The number of allylic oxidation sites excluding steroid dienone is 1.